The fraction of sp³-hybridized carbons (Fsp3) is 0.556. The number of rotatable bonds is 12. The van der Waals surface area contributed by atoms with Crippen LogP contribution in [0, 0.1) is 0 Å². The topological polar surface area (TPSA) is 51.2 Å². The third-order valence-corrected chi connectivity index (χ3v) is 3.41. The summed E-state index contributed by atoms with van der Waals surface area (Å²) in [6, 6.07) is 5.90. The lowest BCUT2D eigenvalue weighted by Gasteiger charge is -2.25. The second kappa shape index (κ2) is 11.0. The summed E-state index contributed by atoms with van der Waals surface area (Å²) < 4.78 is 15.9. The maximum absolute atomic E-state index is 10.1. The highest BCUT2D eigenvalue weighted by Gasteiger charge is 2.13. The highest BCUT2D eigenvalue weighted by Crippen LogP contribution is 2.28. The molecule has 0 aliphatic carbocycles. The molecular formula is C18H29NO4. The van der Waals surface area contributed by atoms with Gasteiger partial charge >= 0.3 is 0 Å². The lowest BCUT2D eigenvalue weighted by Crippen LogP contribution is -2.35. The summed E-state index contributed by atoms with van der Waals surface area (Å²) in [7, 11) is 3.26. The summed E-state index contributed by atoms with van der Waals surface area (Å²) in [4.78, 5) is 2.21. The molecule has 0 spiro atoms. The van der Waals surface area contributed by atoms with Gasteiger partial charge in [-0.25, -0.2) is 0 Å². The number of hydrogen-bond donors (Lipinski definition) is 1. The summed E-state index contributed by atoms with van der Waals surface area (Å²) >= 11 is 0. The van der Waals surface area contributed by atoms with Crippen molar-refractivity contribution in [2.75, 3.05) is 40.5 Å². The summed E-state index contributed by atoms with van der Waals surface area (Å²) in [5, 5.41) is 10.1. The Morgan fingerprint density at radius 1 is 1.26 bits per heavy atom. The zero-order valence-corrected chi connectivity index (χ0v) is 14.5. The molecule has 0 saturated heterocycles. The van der Waals surface area contributed by atoms with Crippen LogP contribution in [0.5, 0.6) is 11.5 Å². The van der Waals surface area contributed by atoms with Gasteiger partial charge < -0.3 is 19.3 Å². The van der Waals surface area contributed by atoms with Gasteiger partial charge in [0, 0.05) is 13.1 Å². The number of hydrogen-bond acceptors (Lipinski definition) is 5. The number of aliphatic hydroxyl groups excluding tert-OH is 1. The van der Waals surface area contributed by atoms with Crippen LogP contribution in [0.25, 0.3) is 0 Å². The van der Waals surface area contributed by atoms with E-state index in [2.05, 4.69) is 18.4 Å². The Morgan fingerprint density at radius 2 is 2.00 bits per heavy atom. The maximum Gasteiger partial charge on any atom is 0.161 e. The quantitative estimate of drug-likeness (QED) is 0.473. The van der Waals surface area contributed by atoms with Crippen LogP contribution in [0.3, 0.4) is 0 Å². The van der Waals surface area contributed by atoms with Crippen molar-refractivity contribution in [2.24, 2.45) is 0 Å². The molecule has 1 rings (SSSR count). The van der Waals surface area contributed by atoms with E-state index in [4.69, 9.17) is 14.2 Å². The largest absolute Gasteiger partial charge is 0.493 e. The molecule has 1 atom stereocenters. The van der Waals surface area contributed by atoms with Gasteiger partial charge in [-0.3, -0.25) is 4.90 Å². The van der Waals surface area contributed by atoms with Gasteiger partial charge in [-0.2, -0.15) is 0 Å². The normalized spacial score (nSPS) is 12.2. The first kappa shape index (κ1) is 19.5. The molecular weight excluding hydrogens is 294 g/mol. The standard InChI is InChI=1S/C18H29NO4/c1-5-9-19(13-16(20)14-23-10-6-2)12-15-7-8-17(21-3)18(11-15)22-4/h6-8,11,16,20H,2,5,9-10,12-14H2,1,3-4H3. The van der Waals surface area contributed by atoms with Crippen LogP contribution >= 0.6 is 0 Å². The number of aliphatic hydroxyl groups is 1. The second-order valence-corrected chi connectivity index (χ2v) is 5.40. The number of ether oxygens (including phenoxy) is 3. The first-order valence-corrected chi connectivity index (χ1v) is 7.94. The Labute approximate surface area is 139 Å². The van der Waals surface area contributed by atoms with Gasteiger partial charge in [0.1, 0.15) is 0 Å². The Balaban J connectivity index is 2.65. The van der Waals surface area contributed by atoms with E-state index in [0.717, 1.165) is 36.6 Å². The van der Waals surface area contributed by atoms with Crippen LogP contribution < -0.4 is 9.47 Å². The Kier molecular flexibility index (Phi) is 9.36. The first-order valence-electron chi connectivity index (χ1n) is 7.94. The third-order valence-electron chi connectivity index (χ3n) is 3.41. The molecule has 1 unspecified atom stereocenters. The number of nitrogens with zero attached hydrogens (tertiary/aromatic N) is 1. The highest BCUT2D eigenvalue weighted by atomic mass is 16.5. The molecule has 0 heterocycles. The number of methoxy groups -OCH3 is 2. The molecule has 130 valence electrons. The Hall–Kier alpha value is -1.56. The lowest BCUT2D eigenvalue weighted by atomic mass is 10.1. The van der Waals surface area contributed by atoms with E-state index < -0.39 is 6.10 Å². The molecule has 0 aliphatic rings. The van der Waals surface area contributed by atoms with Crippen LogP contribution in [0.15, 0.2) is 30.9 Å². The van der Waals surface area contributed by atoms with Crippen molar-refractivity contribution in [1.29, 1.82) is 0 Å². The smallest absolute Gasteiger partial charge is 0.161 e. The maximum atomic E-state index is 10.1. The molecule has 1 N–H and O–H groups in total. The van der Waals surface area contributed by atoms with Gasteiger partial charge in [-0.15, -0.1) is 6.58 Å². The fourth-order valence-electron chi connectivity index (χ4n) is 2.43. The van der Waals surface area contributed by atoms with Crippen LogP contribution in [-0.4, -0.2) is 56.6 Å². The molecule has 1 aromatic rings. The summed E-state index contributed by atoms with van der Waals surface area (Å²) in [6.45, 7) is 8.72. The van der Waals surface area contributed by atoms with Crippen molar-refractivity contribution in [3.8, 4) is 11.5 Å². The van der Waals surface area contributed by atoms with E-state index in [0.29, 0.717) is 19.8 Å². The first-order chi connectivity index (χ1) is 11.1. The summed E-state index contributed by atoms with van der Waals surface area (Å²) in [5.74, 6) is 1.44. The van der Waals surface area contributed by atoms with Crippen LogP contribution in [0.2, 0.25) is 0 Å². The van der Waals surface area contributed by atoms with Gasteiger partial charge in [0.25, 0.3) is 0 Å². The van der Waals surface area contributed by atoms with E-state index in [1.807, 2.05) is 18.2 Å². The summed E-state index contributed by atoms with van der Waals surface area (Å²) in [6.07, 6.45) is 2.19. The van der Waals surface area contributed by atoms with Crippen molar-refractivity contribution in [1.82, 2.24) is 4.90 Å². The molecule has 5 nitrogen and oxygen atoms in total. The molecule has 0 aromatic heterocycles. The van der Waals surface area contributed by atoms with E-state index in [1.165, 1.54) is 0 Å². The molecule has 0 radical (unpaired) electrons. The van der Waals surface area contributed by atoms with Crippen molar-refractivity contribution in [3.63, 3.8) is 0 Å². The van der Waals surface area contributed by atoms with E-state index in [9.17, 15) is 5.11 Å². The lowest BCUT2D eigenvalue weighted by molar-refractivity contribution is 0.0246. The minimum absolute atomic E-state index is 0.318. The van der Waals surface area contributed by atoms with E-state index in [-0.39, 0.29) is 0 Å². The van der Waals surface area contributed by atoms with Crippen LogP contribution in [0.1, 0.15) is 18.9 Å². The van der Waals surface area contributed by atoms with Gasteiger partial charge in [-0.1, -0.05) is 19.1 Å². The van der Waals surface area contributed by atoms with Crippen molar-refractivity contribution in [2.45, 2.75) is 26.0 Å². The molecule has 5 heteroatoms. The van der Waals surface area contributed by atoms with Crippen molar-refractivity contribution >= 4 is 0 Å². The molecule has 0 aliphatic heterocycles. The summed E-state index contributed by atoms with van der Waals surface area (Å²) in [5.41, 5.74) is 1.12. The molecule has 0 fully saturated rings. The van der Waals surface area contributed by atoms with E-state index >= 15 is 0 Å². The molecule has 0 amide bonds. The predicted molar refractivity (Wildman–Crippen MR) is 92.1 cm³/mol. The molecule has 1 aromatic carbocycles. The van der Waals surface area contributed by atoms with Gasteiger partial charge in [0.2, 0.25) is 0 Å². The SMILES string of the molecule is C=CCOCC(O)CN(CCC)Cc1ccc(OC)c(OC)c1. The minimum Gasteiger partial charge on any atom is -0.493 e. The molecule has 0 bridgehead atoms. The zero-order chi connectivity index (χ0) is 17.1. The zero-order valence-electron chi connectivity index (χ0n) is 14.5. The predicted octanol–water partition coefficient (Wildman–Crippen LogP) is 2.48. The Bertz CT molecular complexity index is 464. The van der Waals surface area contributed by atoms with Crippen LogP contribution in [0.4, 0.5) is 0 Å². The van der Waals surface area contributed by atoms with Crippen molar-refractivity contribution < 1.29 is 19.3 Å². The monoisotopic (exact) mass is 323 g/mol. The fourth-order valence-corrected chi connectivity index (χ4v) is 2.43. The Morgan fingerprint density at radius 3 is 2.61 bits per heavy atom. The minimum atomic E-state index is -0.512. The molecule has 0 saturated carbocycles. The van der Waals surface area contributed by atoms with Gasteiger partial charge in [0.05, 0.1) is 33.5 Å². The van der Waals surface area contributed by atoms with E-state index in [1.54, 1.807) is 20.3 Å². The van der Waals surface area contributed by atoms with Crippen LogP contribution in [-0.2, 0) is 11.3 Å². The molecule has 23 heavy (non-hydrogen) atoms. The highest BCUT2D eigenvalue weighted by molar-refractivity contribution is 5.42. The average molecular weight is 323 g/mol. The second-order valence-electron chi connectivity index (χ2n) is 5.40. The van der Waals surface area contributed by atoms with Crippen molar-refractivity contribution in [3.05, 3.63) is 36.4 Å². The average Bonchev–Trinajstić information content (AvgIpc) is 2.55. The van der Waals surface area contributed by atoms with Gasteiger partial charge in [-0.05, 0) is 30.7 Å². The van der Waals surface area contributed by atoms with Gasteiger partial charge in [0.15, 0.2) is 11.5 Å². The third kappa shape index (κ3) is 7.03. The number of benzene rings is 1.